The SMILES string of the molecule is Cc1cc(O)cc(=O)n1CC(=O)N1CCC[C@H]1Cc1cccc(F)c1. The highest BCUT2D eigenvalue weighted by Gasteiger charge is 2.29. The highest BCUT2D eigenvalue weighted by molar-refractivity contribution is 5.76. The van der Waals surface area contributed by atoms with Gasteiger partial charge in [0.1, 0.15) is 18.1 Å². The van der Waals surface area contributed by atoms with Crippen molar-refractivity contribution in [1.29, 1.82) is 0 Å². The molecule has 1 aromatic heterocycles. The average molecular weight is 344 g/mol. The lowest BCUT2D eigenvalue weighted by atomic mass is 10.0. The fourth-order valence-electron chi connectivity index (χ4n) is 3.45. The van der Waals surface area contributed by atoms with Crippen molar-refractivity contribution >= 4 is 5.91 Å². The van der Waals surface area contributed by atoms with Gasteiger partial charge in [0.15, 0.2) is 0 Å². The van der Waals surface area contributed by atoms with E-state index in [9.17, 15) is 19.1 Å². The third-order valence-corrected chi connectivity index (χ3v) is 4.67. The van der Waals surface area contributed by atoms with E-state index >= 15 is 0 Å². The second kappa shape index (κ2) is 7.09. The minimum Gasteiger partial charge on any atom is -0.508 e. The largest absolute Gasteiger partial charge is 0.508 e. The van der Waals surface area contributed by atoms with Crippen molar-refractivity contribution in [2.24, 2.45) is 0 Å². The van der Waals surface area contributed by atoms with E-state index in [2.05, 4.69) is 0 Å². The summed E-state index contributed by atoms with van der Waals surface area (Å²) in [6.07, 6.45) is 2.37. The molecule has 25 heavy (non-hydrogen) atoms. The fourth-order valence-corrected chi connectivity index (χ4v) is 3.45. The van der Waals surface area contributed by atoms with Crippen molar-refractivity contribution in [1.82, 2.24) is 9.47 Å². The van der Waals surface area contributed by atoms with Gasteiger partial charge in [0, 0.05) is 24.3 Å². The maximum Gasteiger partial charge on any atom is 0.254 e. The van der Waals surface area contributed by atoms with Gasteiger partial charge in [0.2, 0.25) is 5.91 Å². The Hall–Kier alpha value is -2.63. The Bertz CT molecular complexity index is 847. The van der Waals surface area contributed by atoms with Gasteiger partial charge >= 0.3 is 0 Å². The summed E-state index contributed by atoms with van der Waals surface area (Å²) in [7, 11) is 0. The van der Waals surface area contributed by atoms with Crippen LogP contribution in [0.25, 0.3) is 0 Å². The van der Waals surface area contributed by atoms with Crippen molar-refractivity contribution in [2.75, 3.05) is 6.54 Å². The van der Waals surface area contributed by atoms with Crippen LogP contribution in [0.1, 0.15) is 24.1 Å². The Morgan fingerprint density at radius 3 is 2.84 bits per heavy atom. The number of amides is 1. The fraction of sp³-hybridized carbons (Fsp3) is 0.368. The number of carbonyl (C=O) groups excluding carboxylic acids is 1. The molecule has 5 nitrogen and oxygen atoms in total. The standard InChI is InChI=1S/C19H21FN2O3/c1-13-8-17(23)11-18(24)22(13)12-19(25)21-7-3-6-16(21)10-14-4-2-5-15(20)9-14/h2,4-5,8-9,11,16,23H,3,6-7,10,12H2,1H3/t16-/m0/s1. The molecule has 1 aromatic carbocycles. The van der Waals surface area contributed by atoms with Gasteiger partial charge in [0.05, 0.1) is 0 Å². The highest BCUT2D eigenvalue weighted by atomic mass is 19.1. The number of rotatable bonds is 4. The summed E-state index contributed by atoms with van der Waals surface area (Å²) < 4.78 is 14.7. The molecule has 0 bridgehead atoms. The van der Waals surface area contributed by atoms with E-state index in [0.29, 0.717) is 18.7 Å². The number of carbonyl (C=O) groups is 1. The topological polar surface area (TPSA) is 62.5 Å². The van der Waals surface area contributed by atoms with Crippen molar-refractivity contribution in [3.8, 4) is 5.75 Å². The van der Waals surface area contributed by atoms with Crippen LogP contribution < -0.4 is 5.56 Å². The van der Waals surface area contributed by atoms with E-state index in [-0.39, 0.29) is 30.1 Å². The summed E-state index contributed by atoms with van der Waals surface area (Å²) in [5, 5.41) is 9.45. The van der Waals surface area contributed by atoms with Crippen LogP contribution in [0.4, 0.5) is 4.39 Å². The molecule has 0 unspecified atom stereocenters. The number of hydrogen-bond donors (Lipinski definition) is 1. The number of pyridine rings is 1. The Balaban J connectivity index is 1.74. The highest BCUT2D eigenvalue weighted by Crippen LogP contribution is 2.22. The molecule has 1 aliphatic heterocycles. The van der Waals surface area contributed by atoms with Crippen LogP contribution in [0.3, 0.4) is 0 Å². The number of hydrogen-bond acceptors (Lipinski definition) is 3. The van der Waals surface area contributed by atoms with Crippen LogP contribution in [0, 0.1) is 12.7 Å². The Kier molecular flexibility index (Phi) is 4.88. The molecule has 1 aliphatic rings. The average Bonchev–Trinajstić information content (AvgIpc) is 2.99. The number of aromatic hydroxyl groups is 1. The molecule has 0 aliphatic carbocycles. The van der Waals surface area contributed by atoms with Gasteiger partial charge in [-0.05, 0) is 49.9 Å². The van der Waals surface area contributed by atoms with Crippen molar-refractivity contribution < 1.29 is 14.3 Å². The Labute approximate surface area is 145 Å². The molecule has 0 radical (unpaired) electrons. The normalized spacial score (nSPS) is 17.0. The van der Waals surface area contributed by atoms with Crippen LogP contribution in [0.5, 0.6) is 5.75 Å². The maximum atomic E-state index is 13.4. The van der Waals surface area contributed by atoms with E-state index in [1.54, 1.807) is 17.9 Å². The summed E-state index contributed by atoms with van der Waals surface area (Å²) in [4.78, 5) is 26.5. The lowest BCUT2D eigenvalue weighted by Gasteiger charge is -2.25. The van der Waals surface area contributed by atoms with Gasteiger partial charge in [-0.1, -0.05) is 12.1 Å². The molecule has 2 heterocycles. The zero-order valence-electron chi connectivity index (χ0n) is 14.1. The molecular formula is C19H21FN2O3. The summed E-state index contributed by atoms with van der Waals surface area (Å²) in [6.45, 7) is 2.28. The van der Waals surface area contributed by atoms with E-state index in [1.165, 1.54) is 22.8 Å². The predicted molar refractivity (Wildman–Crippen MR) is 91.9 cm³/mol. The number of halogens is 1. The number of benzene rings is 1. The van der Waals surface area contributed by atoms with E-state index < -0.39 is 5.56 Å². The Morgan fingerprint density at radius 2 is 2.12 bits per heavy atom. The number of nitrogens with zero attached hydrogens (tertiary/aromatic N) is 2. The van der Waals surface area contributed by atoms with Gasteiger partial charge in [-0.2, -0.15) is 0 Å². The summed E-state index contributed by atoms with van der Waals surface area (Å²) in [6, 6.07) is 9.01. The molecule has 0 saturated carbocycles. The number of aromatic nitrogens is 1. The summed E-state index contributed by atoms with van der Waals surface area (Å²) >= 11 is 0. The molecule has 1 saturated heterocycles. The first-order chi connectivity index (χ1) is 11.9. The van der Waals surface area contributed by atoms with Crippen molar-refractivity contribution in [3.63, 3.8) is 0 Å². The van der Waals surface area contributed by atoms with Gasteiger partial charge in [-0.3, -0.25) is 9.59 Å². The van der Waals surface area contributed by atoms with E-state index in [1.807, 2.05) is 6.07 Å². The minimum absolute atomic E-state index is 0.0161. The molecule has 6 heteroatoms. The zero-order valence-corrected chi connectivity index (χ0v) is 14.1. The lowest BCUT2D eigenvalue weighted by molar-refractivity contribution is -0.132. The van der Waals surface area contributed by atoms with Crippen LogP contribution in [-0.2, 0) is 17.8 Å². The monoisotopic (exact) mass is 344 g/mol. The molecule has 1 fully saturated rings. The number of likely N-dealkylation sites (tertiary alicyclic amines) is 1. The first kappa shape index (κ1) is 17.2. The minimum atomic E-state index is -0.397. The van der Waals surface area contributed by atoms with Crippen LogP contribution in [0.2, 0.25) is 0 Å². The molecule has 1 N–H and O–H groups in total. The molecule has 1 atom stereocenters. The van der Waals surface area contributed by atoms with Gasteiger partial charge < -0.3 is 14.6 Å². The molecule has 3 rings (SSSR count). The third kappa shape index (κ3) is 3.90. The van der Waals surface area contributed by atoms with Crippen molar-refractivity contribution in [3.05, 3.63) is 63.8 Å². The molecule has 2 aromatic rings. The predicted octanol–water partition coefficient (Wildman–Crippen LogP) is 2.24. The van der Waals surface area contributed by atoms with Gasteiger partial charge in [0.25, 0.3) is 5.56 Å². The van der Waals surface area contributed by atoms with Gasteiger partial charge in [-0.15, -0.1) is 0 Å². The van der Waals surface area contributed by atoms with Gasteiger partial charge in [-0.25, -0.2) is 4.39 Å². The lowest BCUT2D eigenvalue weighted by Crippen LogP contribution is -2.40. The van der Waals surface area contributed by atoms with Crippen LogP contribution in [0.15, 0.2) is 41.2 Å². The molecule has 132 valence electrons. The Morgan fingerprint density at radius 1 is 1.32 bits per heavy atom. The first-order valence-corrected chi connectivity index (χ1v) is 8.38. The maximum absolute atomic E-state index is 13.4. The zero-order chi connectivity index (χ0) is 18.0. The van der Waals surface area contributed by atoms with E-state index in [0.717, 1.165) is 24.5 Å². The molecule has 1 amide bonds. The third-order valence-electron chi connectivity index (χ3n) is 4.67. The summed E-state index contributed by atoms with van der Waals surface area (Å²) in [5.41, 5.74) is 1.01. The number of aryl methyl sites for hydroxylation is 1. The second-order valence-electron chi connectivity index (χ2n) is 6.50. The quantitative estimate of drug-likeness (QED) is 0.925. The molecule has 0 spiro atoms. The second-order valence-corrected chi connectivity index (χ2v) is 6.50. The smallest absolute Gasteiger partial charge is 0.254 e. The van der Waals surface area contributed by atoms with Crippen LogP contribution >= 0.6 is 0 Å². The van der Waals surface area contributed by atoms with Crippen LogP contribution in [-0.4, -0.2) is 33.1 Å². The van der Waals surface area contributed by atoms with E-state index in [4.69, 9.17) is 0 Å². The van der Waals surface area contributed by atoms with Crippen molar-refractivity contribution in [2.45, 2.75) is 38.8 Å². The first-order valence-electron chi connectivity index (χ1n) is 8.38. The summed E-state index contributed by atoms with van der Waals surface area (Å²) in [5.74, 6) is -0.509. The molecular weight excluding hydrogens is 323 g/mol.